The number of ether oxygens (including phenoxy) is 1. The summed E-state index contributed by atoms with van der Waals surface area (Å²) >= 11 is 5.88. The molecule has 0 saturated carbocycles. The minimum Gasteiger partial charge on any atom is -0.483 e. The number of aromatic nitrogens is 1. The molecule has 2 aromatic carbocycles. The van der Waals surface area contributed by atoms with E-state index >= 15 is 0 Å². The number of rotatable bonds is 6. The van der Waals surface area contributed by atoms with Crippen molar-refractivity contribution in [2.75, 3.05) is 6.54 Å². The Kier molecular flexibility index (Phi) is 6.20. The first kappa shape index (κ1) is 24.6. The number of amides is 2. The molecule has 10 heteroatoms. The molecule has 0 aliphatic carbocycles. The Labute approximate surface area is 223 Å². The van der Waals surface area contributed by atoms with E-state index in [1.807, 2.05) is 41.8 Å². The zero-order valence-electron chi connectivity index (χ0n) is 20.7. The Balaban J connectivity index is 1.43. The first-order valence-corrected chi connectivity index (χ1v) is 13.0. The normalized spacial score (nSPS) is 21.3. The molecule has 2 amide bonds. The molecule has 3 aliphatic rings. The number of carbonyl (C=O) groups excluding carboxylic acids is 2. The van der Waals surface area contributed by atoms with Gasteiger partial charge in [-0.25, -0.2) is 4.39 Å². The van der Waals surface area contributed by atoms with Crippen molar-refractivity contribution in [1.82, 2.24) is 20.1 Å². The largest absolute Gasteiger partial charge is 0.483 e. The molecule has 4 heterocycles. The Morgan fingerprint density at radius 3 is 2.76 bits per heavy atom. The van der Waals surface area contributed by atoms with Gasteiger partial charge in [0.2, 0.25) is 5.43 Å². The van der Waals surface area contributed by atoms with E-state index in [-0.39, 0.29) is 64.9 Å². The molecular formula is C28H26ClFN4O4. The van der Waals surface area contributed by atoms with E-state index in [1.54, 1.807) is 11.0 Å². The molecule has 2 N–H and O–H groups in total. The third-order valence-corrected chi connectivity index (χ3v) is 7.78. The third-order valence-electron chi connectivity index (χ3n) is 7.49. The quantitative estimate of drug-likeness (QED) is 0.504. The van der Waals surface area contributed by atoms with Gasteiger partial charge in [-0.3, -0.25) is 19.7 Å². The van der Waals surface area contributed by atoms with Gasteiger partial charge in [0.25, 0.3) is 11.8 Å². The zero-order chi connectivity index (χ0) is 26.6. The summed E-state index contributed by atoms with van der Waals surface area (Å²) < 4.78 is 22.3. The molecule has 196 valence electrons. The summed E-state index contributed by atoms with van der Waals surface area (Å²) in [5.41, 5.74) is 0.997. The van der Waals surface area contributed by atoms with Gasteiger partial charge in [-0.1, -0.05) is 54.1 Å². The molecule has 1 aromatic heterocycles. The molecule has 0 spiro atoms. The van der Waals surface area contributed by atoms with Crippen molar-refractivity contribution in [3.63, 3.8) is 0 Å². The second-order valence-electron chi connectivity index (χ2n) is 9.94. The number of benzene rings is 2. The number of nitrogens with zero attached hydrogens (tertiary/aromatic N) is 2. The van der Waals surface area contributed by atoms with Crippen LogP contribution in [-0.2, 0) is 19.6 Å². The standard InChI is InChI=1S/C28H26ClFN4O4/c1-15-13-33-26(32-15)20-11-10-19-21(27(36)31-12-17-8-5-9-18(29)22(17)30)24(35)25(23(28(33)37)34(19)20)38-14-16-6-3-2-4-7-16/h2-9,15,20,26,32H,10-14H2,1H3,(H,31,36)/t15-,20?,26?/m0/s1. The molecule has 6 rings (SSSR count). The minimum absolute atomic E-state index is 0.0509. The van der Waals surface area contributed by atoms with Crippen LogP contribution in [0.1, 0.15) is 57.1 Å². The molecule has 0 bridgehead atoms. The molecule has 3 aromatic rings. The van der Waals surface area contributed by atoms with Crippen molar-refractivity contribution >= 4 is 23.4 Å². The zero-order valence-corrected chi connectivity index (χ0v) is 21.4. The van der Waals surface area contributed by atoms with Crippen LogP contribution in [0.5, 0.6) is 5.75 Å². The Bertz CT molecular complexity index is 1510. The fraction of sp³-hybridized carbons (Fsp3) is 0.321. The van der Waals surface area contributed by atoms with Gasteiger partial charge >= 0.3 is 0 Å². The lowest BCUT2D eigenvalue weighted by molar-refractivity contribution is 0.0588. The van der Waals surface area contributed by atoms with Gasteiger partial charge in [0.1, 0.15) is 24.2 Å². The summed E-state index contributed by atoms with van der Waals surface area (Å²) in [6.45, 7) is 2.45. The fourth-order valence-corrected chi connectivity index (χ4v) is 5.99. The van der Waals surface area contributed by atoms with Crippen LogP contribution < -0.4 is 20.8 Å². The monoisotopic (exact) mass is 536 g/mol. The van der Waals surface area contributed by atoms with Crippen LogP contribution in [-0.4, -0.2) is 40.0 Å². The maximum atomic E-state index is 14.4. The first-order chi connectivity index (χ1) is 18.3. The number of halogens is 2. The first-order valence-electron chi connectivity index (χ1n) is 12.6. The van der Waals surface area contributed by atoms with Crippen LogP contribution in [0, 0.1) is 5.82 Å². The van der Waals surface area contributed by atoms with E-state index in [2.05, 4.69) is 10.6 Å². The summed E-state index contributed by atoms with van der Waals surface area (Å²) in [5.74, 6) is -1.70. The molecule has 1 fully saturated rings. The number of carbonyl (C=O) groups is 2. The summed E-state index contributed by atoms with van der Waals surface area (Å²) in [4.78, 5) is 42.8. The molecule has 1 saturated heterocycles. The molecule has 8 nitrogen and oxygen atoms in total. The highest BCUT2D eigenvalue weighted by Gasteiger charge is 2.49. The van der Waals surface area contributed by atoms with Crippen molar-refractivity contribution < 1.29 is 18.7 Å². The molecule has 3 aliphatic heterocycles. The molecule has 38 heavy (non-hydrogen) atoms. The lowest BCUT2D eigenvalue weighted by atomic mass is 10.1. The van der Waals surface area contributed by atoms with E-state index in [9.17, 15) is 18.8 Å². The average Bonchev–Trinajstić information content (AvgIpc) is 3.51. The van der Waals surface area contributed by atoms with Gasteiger partial charge in [-0.2, -0.15) is 0 Å². The van der Waals surface area contributed by atoms with Crippen LogP contribution in [0.3, 0.4) is 0 Å². The highest BCUT2D eigenvalue weighted by Crippen LogP contribution is 2.41. The maximum absolute atomic E-state index is 14.4. The van der Waals surface area contributed by atoms with E-state index in [0.29, 0.717) is 25.1 Å². The number of nitrogens with one attached hydrogen (secondary N) is 2. The predicted molar refractivity (Wildman–Crippen MR) is 139 cm³/mol. The number of pyridine rings is 1. The van der Waals surface area contributed by atoms with E-state index in [0.717, 1.165) is 5.56 Å². The summed E-state index contributed by atoms with van der Waals surface area (Å²) in [6.07, 6.45) is 0.881. The highest BCUT2D eigenvalue weighted by molar-refractivity contribution is 6.30. The molecular weight excluding hydrogens is 511 g/mol. The van der Waals surface area contributed by atoms with E-state index < -0.39 is 17.2 Å². The Morgan fingerprint density at radius 1 is 1.18 bits per heavy atom. The number of hydrogen-bond donors (Lipinski definition) is 2. The van der Waals surface area contributed by atoms with Crippen LogP contribution in [0.4, 0.5) is 4.39 Å². The van der Waals surface area contributed by atoms with Gasteiger partial charge in [0.15, 0.2) is 11.4 Å². The van der Waals surface area contributed by atoms with Crippen LogP contribution in [0.25, 0.3) is 0 Å². The van der Waals surface area contributed by atoms with Gasteiger partial charge in [-0.05, 0) is 31.4 Å². The van der Waals surface area contributed by atoms with E-state index in [4.69, 9.17) is 16.3 Å². The van der Waals surface area contributed by atoms with E-state index in [1.165, 1.54) is 12.1 Å². The summed E-state index contributed by atoms with van der Waals surface area (Å²) in [6, 6.07) is 13.8. The molecule has 2 unspecified atom stereocenters. The average molecular weight is 537 g/mol. The lowest BCUT2D eigenvalue weighted by Gasteiger charge is -2.38. The van der Waals surface area contributed by atoms with Crippen molar-refractivity contribution in [2.24, 2.45) is 0 Å². The van der Waals surface area contributed by atoms with Gasteiger partial charge < -0.3 is 19.5 Å². The third kappa shape index (κ3) is 3.97. The highest BCUT2D eigenvalue weighted by atomic mass is 35.5. The van der Waals surface area contributed by atoms with Gasteiger partial charge in [0, 0.05) is 30.4 Å². The summed E-state index contributed by atoms with van der Waals surface area (Å²) in [7, 11) is 0. The second kappa shape index (κ2) is 9.56. The predicted octanol–water partition coefficient (Wildman–Crippen LogP) is 3.41. The number of fused-ring (bicyclic) bond motifs is 2. The Hall–Kier alpha value is -3.69. The van der Waals surface area contributed by atoms with Crippen molar-refractivity contribution in [2.45, 2.75) is 51.2 Å². The van der Waals surface area contributed by atoms with Gasteiger partial charge in [-0.15, -0.1) is 0 Å². The van der Waals surface area contributed by atoms with Crippen molar-refractivity contribution in [1.29, 1.82) is 0 Å². The Morgan fingerprint density at radius 2 is 1.97 bits per heavy atom. The minimum atomic E-state index is -0.646. The number of hydrogen-bond acceptors (Lipinski definition) is 5. The summed E-state index contributed by atoms with van der Waals surface area (Å²) in [5, 5.41) is 6.09. The van der Waals surface area contributed by atoms with Crippen molar-refractivity contribution in [3.05, 3.63) is 97.7 Å². The smallest absolute Gasteiger partial charge is 0.275 e. The topological polar surface area (TPSA) is 92.7 Å². The lowest BCUT2D eigenvalue weighted by Crippen LogP contribution is -2.52. The molecule has 0 radical (unpaired) electrons. The maximum Gasteiger partial charge on any atom is 0.275 e. The second-order valence-corrected chi connectivity index (χ2v) is 10.4. The SMILES string of the molecule is C[C@H]1CN2C(=O)c3c(OCc4ccccc4)c(=O)c(C(=O)NCc4cccc(Cl)c4F)c4n3C(CC4)C2N1. The van der Waals surface area contributed by atoms with Crippen LogP contribution in [0.2, 0.25) is 5.02 Å². The molecule has 3 atom stereocenters. The van der Waals surface area contributed by atoms with Crippen LogP contribution in [0.15, 0.2) is 53.3 Å². The fourth-order valence-electron chi connectivity index (χ4n) is 5.79. The van der Waals surface area contributed by atoms with Crippen LogP contribution >= 0.6 is 11.6 Å². The van der Waals surface area contributed by atoms with Crippen molar-refractivity contribution in [3.8, 4) is 5.75 Å². The van der Waals surface area contributed by atoms with Gasteiger partial charge in [0.05, 0.1) is 11.1 Å².